The summed E-state index contributed by atoms with van der Waals surface area (Å²) in [5, 5.41) is 4.78. The lowest BCUT2D eigenvalue weighted by Crippen LogP contribution is -2.18. The first kappa shape index (κ1) is 18.7. The Bertz CT molecular complexity index is 1050. The molecule has 0 radical (unpaired) electrons. The lowest BCUT2D eigenvalue weighted by Gasteiger charge is -2.25. The fourth-order valence-electron chi connectivity index (χ4n) is 3.62. The van der Waals surface area contributed by atoms with Crippen LogP contribution in [-0.4, -0.2) is 14.1 Å². The third-order valence-corrected chi connectivity index (χ3v) is 5.19. The summed E-state index contributed by atoms with van der Waals surface area (Å²) in [6.07, 6.45) is 6.09. The van der Waals surface area contributed by atoms with Gasteiger partial charge in [-0.2, -0.15) is 5.01 Å². The molecule has 4 heteroatoms. The average Bonchev–Trinajstić information content (AvgIpc) is 2.77. The van der Waals surface area contributed by atoms with Crippen LogP contribution < -0.4 is 9.91 Å². The van der Waals surface area contributed by atoms with Gasteiger partial charge in [0, 0.05) is 31.3 Å². The van der Waals surface area contributed by atoms with Crippen LogP contribution in [0.15, 0.2) is 102 Å². The molecule has 1 aliphatic rings. The predicted octanol–water partition coefficient (Wildman–Crippen LogP) is 5.98. The molecule has 0 bridgehead atoms. The van der Waals surface area contributed by atoms with Crippen LogP contribution in [0.4, 0.5) is 11.4 Å². The molecule has 3 aromatic rings. The summed E-state index contributed by atoms with van der Waals surface area (Å²) < 4.78 is 0. The highest BCUT2D eigenvalue weighted by molar-refractivity contribution is 5.76. The second-order valence-corrected chi connectivity index (χ2v) is 7.25. The predicted molar refractivity (Wildman–Crippen MR) is 121 cm³/mol. The second kappa shape index (κ2) is 8.15. The summed E-state index contributed by atoms with van der Waals surface area (Å²) in [6.45, 7) is 0. The quantitative estimate of drug-likeness (QED) is 0.510. The maximum Gasteiger partial charge on any atom is 0.0757 e. The summed E-state index contributed by atoms with van der Waals surface area (Å²) in [6, 6.07) is 26.6. The maximum atomic E-state index is 11.7. The summed E-state index contributed by atoms with van der Waals surface area (Å²) in [7, 11) is 4.06. The molecule has 0 fully saturated rings. The van der Waals surface area contributed by atoms with Gasteiger partial charge in [0.15, 0.2) is 0 Å². The molecule has 0 saturated carbocycles. The number of nitroso groups, excluding NO2 is 1. The van der Waals surface area contributed by atoms with Crippen molar-refractivity contribution in [3.63, 3.8) is 0 Å². The Labute approximate surface area is 171 Å². The minimum Gasteiger partial charge on any atom is -0.378 e. The van der Waals surface area contributed by atoms with E-state index in [9.17, 15) is 4.91 Å². The first-order valence-corrected chi connectivity index (χ1v) is 9.62. The Morgan fingerprint density at radius 3 is 2.17 bits per heavy atom. The zero-order valence-electron chi connectivity index (χ0n) is 16.6. The summed E-state index contributed by atoms with van der Waals surface area (Å²) in [5.41, 5.74) is 6.02. The maximum absolute atomic E-state index is 11.7. The van der Waals surface area contributed by atoms with Crippen LogP contribution in [0.3, 0.4) is 0 Å². The molecule has 4 nitrogen and oxygen atoms in total. The van der Waals surface area contributed by atoms with Gasteiger partial charge in [-0.05, 0) is 41.5 Å². The number of rotatable bonds is 5. The van der Waals surface area contributed by atoms with Crippen LogP contribution in [-0.2, 0) is 0 Å². The second-order valence-electron chi connectivity index (χ2n) is 7.25. The van der Waals surface area contributed by atoms with E-state index in [1.165, 1.54) is 5.01 Å². The Balaban J connectivity index is 1.79. The van der Waals surface area contributed by atoms with Crippen LogP contribution in [0.25, 0.3) is 6.08 Å². The van der Waals surface area contributed by atoms with Crippen molar-refractivity contribution in [3.05, 3.63) is 118 Å². The highest BCUT2D eigenvalue weighted by atomic mass is 16.3. The van der Waals surface area contributed by atoms with E-state index >= 15 is 0 Å². The van der Waals surface area contributed by atoms with Gasteiger partial charge in [0.2, 0.25) is 0 Å². The van der Waals surface area contributed by atoms with Gasteiger partial charge in [0.25, 0.3) is 0 Å². The fourth-order valence-corrected chi connectivity index (χ4v) is 3.62. The molecule has 144 valence electrons. The van der Waals surface area contributed by atoms with Gasteiger partial charge in [-0.15, -0.1) is 4.91 Å². The molecule has 1 atom stereocenters. The number of hydrogen-bond acceptors (Lipinski definition) is 3. The molecule has 0 N–H and O–H groups in total. The van der Waals surface area contributed by atoms with E-state index in [2.05, 4.69) is 52.7 Å². The topological polar surface area (TPSA) is 35.9 Å². The largest absolute Gasteiger partial charge is 0.378 e. The molecular weight excluding hydrogens is 358 g/mol. The van der Waals surface area contributed by atoms with E-state index in [0.29, 0.717) is 0 Å². The Kier molecular flexibility index (Phi) is 5.25. The summed E-state index contributed by atoms with van der Waals surface area (Å²) in [4.78, 5) is 13.8. The molecule has 1 heterocycles. The molecular formula is C25H23N3O. The molecule has 0 spiro atoms. The minimum atomic E-state index is 0.00146. The monoisotopic (exact) mass is 381 g/mol. The van der Waals surface area contributed by atoms with Crippen molar-refractivity contribution in [1.29, 1.82) is 0 Å². The van der Waals surface area contributed by atoms with Gasteiger partial charge in [-0.25, -0.2) is 0 Å². The van der Waals surface area contributed by atoms with E-state index in [1.54, 1.807) is 0 Å². The third-order valence-electron chi connectivity index (χ3n) is 5.19. The van der Waals surface area contributed by atoms with Crippen molar-refractivity contribution >= 4 is 17.5 Å². The van der Waals surface area contributed by atoms with Crippen molar-refractivity contribution in [1.82, 2.24) is 0 Å². The van der Waals surface area contributed by atoms with Gasteiger partial charge in [0.05, 0.1) is 16.7 Å². The van der Waals surface area contributed by atoms with Gasteiger partial charge >= 0.3 is 0 Å². The van der Waals surface area contributed by atoms with E-state index in [-0.39, 0.29) is 5.92 Å². The Hall–Kier alpha value is -3.66. The van der Waals surface area contributed by atoms with Crippen LogP contribution >= 0.6 is 0 Å². The van der Waals surface area contributed by atoms with Crippen LogP contribution in [0.2, 0.25) is 0 Å². The fraction of sp³-hybridized carbons (Fsp3) is 0.120. The lowest BCUT2D eigenvalue weighted by atomic mass is 9.89. The molecule has 0 amide bonds. The third kappa shape index (κ3) is 3.83. The van der Waals surface area contributed by atoms with E-state index < -0.39 is 0 Å². The van der Waals surface area contributed by atoms with Crippen LogP contribution in [0.5, 0.6) is 0 Å². The molecule has 1 aliphatic heterocycles. The van der Waals surface area contributed by atoms with Crippen molar-refractivity contribution in [2.45, 2.75) is 5.92 Å². The molecule has 0 saturated heterocycles. The van der Waals surface area contributed by atoms with E-state index in [0.717, 1.165) is 33.8 Å². The number of para-hydroxylation sites is 1. The van der Waals surface area contributed by atoms with Gasteiger partial charge in [-0.1, -0.05) is 66.7 Å². The molecule has 0 aromatic heterocycles. The van der Waals surface area contributed by atoms with E-state index in [1.807, 2.05) is 68.7 Å². The summed E-state index contributed by atoms with van der Waals surface area (Å²) >= 11 is 0. The number of nitrogens with zero attached hydrogens (tertiary/aromatic N) is 3. The number of benzene rings is 3. The van der Waals surface area contributed by atoms with Gasteiger partial charge in [-0.3, -0.25) is 0 Å². The van der Waals surface area contributed by atoms with Crippen molar-refractivity contribution < 1.29 is 0 Å². The Morgan fingerprint density at radius 1 is 0.828 bits per heavy atom. The zero-order chi connectivity index (χ0) is 20.2. The highest BCUT2D eigenvalue weighted by Crippen LogP contribution is 2.35. The van der Waals surface area contributed by atoms with Crippen molar-refractivity contribution in [3.8, 4) is 0 Å². The molecule has 3 aromatic carbocycles. The van der Waals surface area contributed by atoms with E-state index in [4.69, 9.17) is 0 Å². The molecule has 4 rings (SSSR count). The standard InChI is InChI=1S/C25H23N3O/c1-27(2)22-15-12-20(13-16-22)24(19-8-4-3-5-9-19)18-23-17-14-21-10-6-7-11-25(21)28(23)26-29/h3-18,24H,1-2H3. The minimum absolute atomic E-state index is 0.00146. The van der Waals surface area contributed by atoms with Gasteiger partial charge in [0.1, 0.15) is 0 Å². The first-order valence-electron chi connectivity index (χ1n) is 9.62. The Morgan fingerprint density at radius 2 is 1.48 bits per heavy atom. The lowest BCUT2D eigenvalue weighted by molar-refractivity contribution is 0.952. The number of anilines is 2. The van der Waals surface area contributed by atoms with Crippen molar-refractivity contribution in [2.24, 2.45) is 5.29 Å². The van der Waals surface area contributed by atoms with Crippen LogP contribution in [0, 0.1) is 4.91 Å². The average molecular weight is 381 g/mol. The summed E-state index contributed by atoms with van der Waals surface area (Å²) in [5.74, 6) is 0.00146. The normalized spacial score (nSPS) is 15.1. The highest BCUT2D eigenvalue weighted by Gasteiger charge is 2.21. The SMILES string of the molecule is CN(C)c1ccc(C(C=C2C=Cc3ccccc3N2N=O)c2ccccc2)cc1. The molecule has 29 heavy (non-hydrogen) atoms. The van der Waals surface area contributed by atoms with Crippen LogP contribution in [0.1, 0.15) is 22.6 Å². The molecule has 1 unspecified atom stereocenters. The first-order chi connectivity index (χ1) is 14.2. The number of fused-ring (bicyclic) bond motifs is 1. The number of allylic oxidation sites excluding steroid dienone is 2. The zero-order valence-corrected chi connectivity index (χ0v) is 16.6. The van der Waals surface area contributed by atoms with Crippen molar-refractivity contribution in [2.75, 3.05) is 24.0 Å². The smallest absolute Gasteiger partial charge is 0.0757 e. The van der Waals surface area contributed by atoms with Gasteiger partial charge < -0.3 is 4.90 Å². The number of hydrogen-bond donors (Lipinski definition) is 0. The molecule has 0 aliphatic carbocycles.